The van der Waals surface area contributed by atoms with E-state index >= 15 is 0 Å². The van der Waals surface area contributed by atoms with Crippen LogP contribution in [0, 0.1) is 0 Å². The van der Waals surface area contributed by atoms with Crippen molar-refractivity contribution < 1.29 is 23.9 Å². The molecule has 20 heavy (non-hydrogen) atoms. The van der Waals surface area contributed by atoms with Gasteiger partial charge in [0, 0.05) is 6.04 Å². The number of hydrogen-bond donors (Lipinski definition) is 1. The summed E-state index contributed by atoms with van der Waals surface area (Å²) in [6.45, 7) is 3.61. The van der Waals surface area contributed by atoms with Gasteiger partial charge in [0.15, 0.2) is 0 Å². The zero-order chi connectivity index (χ0) is 15.5. The summed E-state index contributed by atoms with van der Waals surface area (Å²) in [5.74, 6) is -1.26. The lowest BCUT2D eigenvalue weighted by Gasteiger charge is -2.20. The maximum absolute atomic E-state index is 11.8. The fraction of sp³-hybridized carbons (Fsp3) is 0.769. The Morgan fingerprint density at radius 3 is 1.95 bits per heavy atom. The minimum absolute atomic E-state index is 0.0573. The van der Waals surface area contributed by atoms with E-state index in [1.807, 2.05) is 13.8 Å². The van der Waals surface area contributed by atoms with Gasteiger partial charge in [-0.15, -0.1) is 0 Å². The number of amides is 1. The summed E-state index contributed by atoms with van der Waals surface area (Å²) in [6.07, 6.45) is 1.84. The topological polar surface area (TPSA) is 84.9 Å². The standard InChI is InChI=1S/C13H24N2O5/c1-5-6-10(2)14-11(16)7-15(8-12(17)19-3)9-13(18)20-4/h10H,5-9H2,1-4H3,(H,14,16). The molecule has 1 unspecified atom stereocenters. The van der Waals surface area contributed by atoms with E-state index in [-0.39, 0.29) is 31.6 Å². The van der Waals surface area contributed by atoms with Crippen LogP contribution in [0.3, 0.4) is 0 Å². The molecule has 0 bridgehead atoms. The molecule has 0 saturated heterocycles. The Hall–Kier alpha value is -1.63. The summed E-state index contributed by atoms with van der Waals surface area (Å²) >= 11 is 0. The summed E-state index contributed by atoms with van der Waals surface area (Å²) in [6, 6.07) is 0.0607. The van der Waals surface area contributed by atoms with Crippen LogP contribution >= 0.6 is 0 Å². The zero-order valence-electron chi connectivity index (χ0n) is 12.6. The first-order valence-corrected chi connectivity index (χ1v) is 6.58. The van der Waals surface area contributed by atoms with Gasteiger partial charge in [-0.05, 0) is 13.3 Å². The number of hydrogen-bond acceptors (Lipinski definition) is 6. The summed E-state index contributed by atoms with van der Waals surface area (Å²) in [4.78, 5) is 35.7. The highest BCUT2D eigenvalue weighted by molar-refractivity contribution is 5.81. The number of carbonyl (C=O) groups is 3. The molecule has 0 aliphatic rings. The molecule has 0 aliphatic heterocycles. The average Bonchev–Trinajstić information content (AvgIpc) is 2.38. The molecule has 0 rings (SSSR count). The highest BCUT2D eigenvalue weighted by atomic mass is 16.5. The van der Waals surface area contributed by atoms with E-state index in [0.717, 1.165) is 12.8 Å². The van der Waals surface area contributed by atoms with Crippen LogP contribution < -0.4 is 5.32 Å². The van der Waals surface area contributed by atoms with Crippen LogP contribution in [-0.4, -0.2) is 62.6 Å². The number of esters is 2. The lowest BCUT2D eigenvalue weighted by atomic mass is 10.2. The van der Waals surface area contributed by atoms with Gasteiger partial charge < -0.3 is 14.8 Å². The van der Waals surface area contributed by atoms with Crippen molar-refractivity contribution in [1.82, 2.24) is 10.2 Å². The Morgan fingerprint density at radius 2 is 1.55 bits per heavy atom. The number of methoxy groups -OCH3 is 2. The molecule has 116 valence electrons. The van der Waals surface area contributed by atoms with Crippen LogP contribution in [0.1, 0.15) is 26.7 Å². The monoisotopic (exact) mass is 288 g/mol. The van der Waals surface area contributed by atoms with E-state index in [2.05, 4.69) is 14.8 Å². The molecule has 1 atom stereocenters. The first-order chi connectivity index (χ1) is 9.42. The largest absolute Gasteiger partial charge is 0.468 e. The second kappa shape index (κ2) is 10.2. The number of rotatable bonds is 9. The van der Waals surface area contributed by atoms with Crippen LogP contribution in [0.15, 0.2) is 0 Å². The molecule has 0 radical (unpaired) electrons. The molecule has 1 N–H and O–H groups in total. The Bertz CT molecular complexity index is 315. The normalized spacial score (nSPS) is 11.8. The molecule has 1 amide bonds. The minimum atomic E-state index is -0.511. The molecular formula is C13H24N2O5. The van der Waals surface area contributed by atoms with E-state index in [1.165, 1.54) is 19.1 Å². The van der Waals surface area contributed by atoms with Crippen LogP contribution in [0.5, 0.6) is 0 Å². The van der Waals surface area contributed by atoms with Crippen molar-refractivity contribution in [3.8, 4) is 0 Å². The van der Waals surface area contributed by atoms with Gasteiger partial charge in [-0.2, -0.15) is 0 Å². The van der Waals surface area contributed by atoms with Crippen molar-refractivity contribution in [3.63, 3.8) is 0 Å². The third-order valence-electron chi connectivity index (χ3n) is 2.66. The summed E-state index contributed by atoms with van der Waals surface area (Å²) in [5.41, 5.74) is 0. The van der Waals surface area contributed by atoms with Gasteiger partial charge in [0.2, 0.25) is 5.91 Å². The number of nitrogens with one attached hydrogen (secondary N) is 1. The SMILES string of the molecule is CCCC(C)NC(=O)CN(CC(=O)OC)CC(=O)OC. The summed E-state index contributed by atoms with van der Waals surface area (Å²) < 4.78 is 9.07. The molecule has 0 aromatic rings. The van der Waals surface area contributed by atoms with Crippen molar-refractivity contribution >= 4 is 17.8 Å². The Morgan fingerprint density at radius 1 is 1.05 bits per heavy atom. The number of ether oxygens (including phenoxy) is 2. The zero-order valence-corrected chi connectivity index (χ0v) is 12.6. The van der Waals surface area contributed by atoms with E-state index < -0.39 is 11.9 Å². The molecule has 0 aromatic carbocycles. The van der Waals surface area contributed by atoms with Gasteiger partial charge >= 0.3 is 11.9 Å². The van der Waals surface area contributed by atoms with Gasteiger partial charge in [-0.1, -0.05) is 13.3 Å². The molecule has 0 spiro atoms. The second-order valence-electron chi connectivity index (χ2n) is 4.55. The van der Waals surface area contributed by atoms with E-state index in [0.29, 0.717) is 0 Å². The van der Waals surface area contributed by atoms with Gasteiger partial charge in [0.05, 0.1) is 33.9 Å². The highest BCUT2D eigenvalue weighted by Crippen LogP contribution is 1.96. The highest BCUT2D eigenvalue weighted by Gasteiger charge is 2.19. The summed E-state index contributed by atoms with van der Waals surface area (Å²) in [7, 11) is 2.50. The molecular weight excluding hydrogens is 264 g/mol. The summed E-state index contributed by atoms with van der Waals surface area (Å²) in [5, 5.41) is 2.81. The van der Waals surface area contributed by atoms with Gasteiger partial charge in [-0.25, -0.2) is 0 Å². The molecule has 0 saturated carbocycles. The first-order valence-electron chi connectivity index (χ1n) is 6.58. The van der Waals surface area contributed by atoms with Crippen molar-refractivity contribution in [3.05, 3.63) is 0 Å². The van der Waals surface area contributed by atoms with Crippen molar-refractivity contribution in [1.29, 1.82) is 0 Å². The molecule has 0 aromatic heterocycles. The third-order valence-corrected chi connectivity index (χ3v) is 2.66. The maximum Gasteiger partial charge on any atom is 0.319 e. The molecule has 0 heterocycles. The van der Waals surface area contributed by atoms with Gasteiger partial charge in [-0.3, -0.25) is 19.3 Å². The quantitative estimate of drug-likeness (QED) is 0.598. The molecule has 7 nitrogen and oxygen atoms in total. The van der Waals surface area contributed by atoms with E-state index in [9.17, 15) is 14.4 Å². The van der Waals surface area contributed by atoms with Gasteiger partial charge in [0.1, 0.15) is 0 Å². The molecule has 7 heteroatoms. The average molecular weight is 288 g/mol. The Labute approximate surface area is 119 Å². The lowest BCUT2D eigenvalue weighted by Crippen LogP contribution is -2.44. The smallest absolute Gasteiger partial charge is 0.319 e. The molecule has 0 fully saturated rings. The predicted octanol–water partition coefficient (Wildman–Crippen LogP) is -0.0608. The van der Waals surface area contributed by atoms with E-state index in [1.54, 1.807) is 0 Å². The van der Waals surface area contributed by atoms with Gasteiger partial charge in [0.25, 0.3) is 0 Å². The van der Waals surface area contributed by atoms with Crippen LogP contribution in [0.4, 0.5) is 0 Å². The Balaban J connectivity index is 4.42. The lowest BCUT2D eigenvalue weighted by molar-refractivity contribution is -0.146. The van der Waals surface area contributed by atoms with Crippen molar-refractivity contribution in [2.24, 2.45) is 0 Å². The van der Waals surface area contributed by atoms with Crippen molar-refractivity contribution in [2.45, 2.75) is 32.7 Å². The van der Waals surface area contributed by atoms with Crippen molar-refractivity contribution in [2.75, 3.05) is 33.9 Å². The second-order valence-corrected chi connectivity index (χ2v) is 4.55. The first kappa shape index (κ1) is 18.4. The fourth-order valence-corrected chi connectivity index (χ4v) is 1.69. The number of nitrogens with zero attached hydrogens (tertiary/aromatic N) is 1. The number of carbonyl (C=O) groups excluding carboxylic acids is 3. The Kier molecular flexibility index (Phi) is 9.36. The molecule has 0 aliphatic carbocycles. The maximum atomic E-state index is 11.8. The van der Waals surface area contributed by atoms with Crippen LogP contribution in [0.25, 0.3) is 0 Å². The van der Waals surface area contributed by atoms with Crippen LogP contribution in [-0.2, 0) is 23.9 Å². The van der Waals surface area contributed by atoms with Crippen LogP contribution in [0.2, 0.25) is 0 Å². The predicted molar refractivity (Wildman–Crippen MR) is 73.0 cm³/mol. The van der Waals surface area contributed by atoms with E-state index in [4.69, 9.17) is 0 Å². The minimum Gasteiger partial charge on any atom is -0.468 e. The third kappa shape index (κ3) is 8.47. The fourth-order valence-electron chi connectivity index (χ4n) is 1.69.